The van der Waals surface area contributed by atoms with Crippen molar-refractivity contribution < 1.29 is 35.0 Å². The largest absolute Gasteiger partial charge is 0.780 e. The van der Waals surface area contributed by atoms with Crippen molar-refractivity contribution in [2.24, 2.45) is 0 Å². The quantitative estimate of drug-likeness (QED) is 0.581. The van der Waals surface area contributed by atoms with Gasteiger partial charge < -0.3 is 13.9 Å². The molecule has 0 aromatic rings. The first-order chi connectivity index (χ1) is 4.83. The summed E-state index contributed by atoms with van der Waals surface area (Å²) in [6, 6.07) is 0. The van der Waals surface area contributed by atoms with Gasteiger partial charge in [0.25, 0.3) is 0 Å². The molecule has 0 aliphatic carbocycles. The molecule has 0 aromatic heterocycles. The van der Waals surface area contributed by atoms with Crippen LogP contribution < -0.4 is 4.89 Å². The average Bonchev–Trinajstić information content (AvgIpc) is 1.53. The summed E-state index contributed by atoms with van der Waals surface area (Å²) in [6.07, 6.45) is -0.311. The van der Waals surface area contributed by atoms with Crippen molar-refractivity contribution in [1.82, 2.24) is 0 Å². The molecule has 0 saturated carbocycles. The number of hydrogen-bond donors (Lipinski definition) is 0. The maximum absolute atomic E-state index is 11.2. The van der Waals surface area contributed by atoms with E-state index in [-0.39, 0.29) is 33.3 Å². The molecule has 0 spiro atoms. The second-order valence-corrected chi connectivity index (χ2v) is 5.41. The van der Waals surface area contributed by atoms with Gasteiger partial charge in [-0.1, -0.05) is 11.8 Å². The van der Waals surface area contributed by atoms with Crippen molar-refractivity contribution in [3.8, 4) is 0 Å². The third kappa shape index (κ3) is 9.31. The molecule has 12 heavy (non-hydrogen) atoms. The van der Waals surface area contributed by atoms with Gasteiger partial charge >= 0.3 is 0 Å². The van der Waals surface area contributed by atoms with Crippen LogP contribution in [0.2, 0.25) is 0 Å². The molecule has 0 aromatic carbocycles. The van der Waals surface area contributed by atoms with Crippen LogP contribution in [-0.4, -0.2) is 12.2 Å². The fraction of sp³-hybridized carbons (Fsp3) is 1.00. The van der Waals surface area contributed by atoms with Gasteiger partial charge in [-0.05, 0) is 27.7 Å². The molecule has 0 amide bonds. The van der Waals surface area contributed by atoms with Crippen molar-refractivity contribution >= 4 is 18.5 Å². The Morgan fingerprint density at radius 1 is 1.08 bits per heavy atom. The summed E-state index contributed by atoms with van der Waals surface area (Å²) >= 11 is 4.61. The van der Waals surface area contributed by atoms with Crippen LogP contribution in [0.1, 0.15) is 27.7 Å². The van der Waals surface area contributed by atoms with E-state index in [4.69, 9.17) is 9.05 Å². The molecule has 6 heteroatoms. The van der Waals surface area contributed by atoms with Gasteiger partial charge in [0.05, 0.1) is 12.2 Å². The first kappa shape index (κ1) is 15.7. The minimum Gasteiger partial charge on any atom is -0.780 e. The van der Waals surface area contributed by atoms with E-state index < -0.39 is 6.72 Å². The molecule has 0 aliphatic heterocycles. The van der Waals surface area contributed by atoms with E-state index in [1.54, 1.807) is 27.7 Å². The van der Waals surface area contributed by atoms with Crippen LogP contribution in [0, 0.1) is 0 Å². The molecule has 0 radical (unpaired) electrons. The van der Waals surface area contributed by atoms with Gasteiger partial charge in [0.1, 0.15) is 6.72 Å². The Hall–Kier alpha value is 1.22. The molecule has 0 N–H and O–H groups in total. The van der Waals surface area contributed by atoms with E-state index in [2.05, 4.69) is 11.8 Å². The Bertz CT molecular complexity index is 149. The summed E-state index contributed by atoms with van der Waals surface area (Å²) in [5.74, 6) is 0. The summed E-state index contributed by atoms with van der Waals surface area (Å²) in [5, 5.41) is 0. The van der Waals surface area contributed by atoms with Crippen molar-refractivity contribution in [3.05, 3.63) is 0 Å². The summed E-state index contributed by atoms with van der Waals surface area (Å²) in [5.41, 5.74) is 0. The number of rotatable bonds is 4. The minimum absolute atomic E-state index is 0. The zero-order chi connectivity index (χ0) is 9.07. The molecule has 0 rings (SSSR count). The Morgan fingerprint density at radius 3 is 1.50 bits per heavy atom. The van der Waals surface area contributed by atoms with Crippen LogP contribution in [-0.2, 0) is 41.9 Å². The summed E-state index contributed by atoms with van der Waals surface area (Å²) in [7, 11) is 0. The Balaban J connectivity index is 0. The van der Waals surface area contributed by atoms with Crippen molar-refractivity contribution in [3.63, 3.8) is 0 Å². The fourth-order valence-electron chi connectivity index (χ4n) is 0.541. The predicted octanol–water partition coefficient (Wildman–Crippen LogP) is 1.42. The van der Waals surface area contributed by atoms with E-state index >= 15 is 0 Å². The van der Waals surface area contributed by atoms with Gasteiger partial charge in [0, 0.05) is 21.1 Å². The molecule has 0 atom stereocenters. The van der Waals surface area contributed by atoms with Gasteiger partial charge in [-0.25, -0.2) is 0 Å². The molecular formula is C6H14MoO3PS-. The molecular weight excluding hydrogens is 279 g/mol. The summed E-state index contributed by atoms with van der Waals surface area (Å²) in [4.78, 5) is 11.2. The van der Waals surface area contributed by atoms with E-state index in [0.29, 0.717) is 0 Å². The first-order valence-corrected chi connectivity index (χ1v) is 6.07. The maximum atomic E-state index is 11.2. The van der Waals surface area contributed by atoms with Gasteiger partial charge in [0.2, 0.25) is 0 Å². The molecule has 74 valence electrons. The van der Waals surface area contributed by atoms with Crippen LogP contribution in [0.3, 0.4) is 0 Å². The SMILES string of the molecule is CC(C)OP([O-])(=S)OC(C)C.[Mo]. The summed E-state index contributed by atoms with van der Waals surface area (Å²) < 4.78 is 9.79. The maximum Gasteiger partial charge on any atom is 0.116 e. The molecule has 3 nitrogen and oxygen atoms in total. The normalized spacial score (nSPS) is 11.9. The Kier molecular flexibility index (Phi) is 8.68. The fourth-order valence-corrected chi connectivity index (χ4v) is 2.66. The Labute approximate surface area is 93.4 Å². The first-order valence-electron chi connectivity index (χ1n) is 3.51. The van der Waals surface area contributed by atoms with Crippen molar-refractivity contribution in [2.45, 2.75) is 39.9 Å². The van der Waals surface area contributed by atoms with Gasteiger partial charge in [-0.3, -0.25) is 0 Å². The molecule has 0 bridgehead atoms. The van der Waals surface area contributed by atoms with E-state index in [0.717, 1.165) is 0 Å². The van der Waals surface area contributed by atoms with E-state index in [9.17, 15) is 4.89 Å². The molecule has 0 fully saturated rings. The van der Waals surface area contributed by atoms with Gasteiger partial charge in [0.15, 0.2) is 0 Å². The van der Waals surface area contributed by atoms with Crippen molar-refractivity contribution in [1.29, 1.82) is 0 Å². The van der Waals surface area contributed by atoms with Crippen molar-refractivity contribution in [2.75, 3.05) is 0 Å². The van der Waals surface area contributed by atoms with Gasteiger partial charge in [-0.15, -0.1) is 0 Å². The second-order valence-electron chi connectivity index (χ2n) is 2.76. The van der Waals surface area contributed by atoms with E-state index in [1.165, 1.54) is 0 Å². The predicted molar refractivity (Wildman–Crippen MR) is 46.7 cm³/mol. The molecule has 0 saturated heterocycles. The van der Waals surface area contributed by atoms with E-state index in [1.807, 2.05) is 0 Å². The second kappa shape index (κ2) is 6.64. The zero-order valence-corrected chi connectivity index (χ0v) is 11.4. The molecule has 0 aliphatic rings. The van der Waals surface area contributed by atoms with Crippen LogP contribution in [0.25, 0.3) is 0 Å². The third-order valence-corrected chi connectivity index (χ3v) is 2.56. The topological polar surface area (TPSA) is 41.5 Å². The van der Waals surface area contributed by atoms with Crippen LogP contribution in [0.15, 0.2) is 0 Å². The Morgan fingerprint density at radius 2 is 1.33 bits per heavy atom. The standard InChI is InChI=1S/C6H15O3PS.Mo/c1-5(2)8-10(7,11)9-6(3)4;/h5-6H,1-4H3,(H,7,11);/p-1. The van der Waals surface area contributed by atoms with Gasteiger partial charge in [-0.2, -0.15) is 0 Å². The third-order valence-electron chi connectivity index (χ3n) is 0.680. The average molecular weight is 293 g/mol. The minimum atomic E-state index is -3.22. The molecule has 0 unspecified atom stereocenters. The number of hydrogen-bond acceptors (Lipinski definition) is 4. The molecule has 0 heterocycles. The smallest absolute Gasteiger partial charge is 0.116 e. The zero-order valence-electron chi connectivity index (χ0n) is 7.64. The van der Waals surface area contributed by atoms with Crippen LogP contribution >= 0.6 is 6.72 Å². The van der Waals surface area contributed by atoms with Crippen LogP contribution in [0.4, 0.5) is 0 Å². The van der Waals surface area contributed by atoms with Crippen LogP contribution in [0.5, 0.6) is 0 Å². The summed E-state index contributed by atoms with van der Waals surface area (Å²) in [6.45, 7) is 3.84. The monoisotopic (exact) mass is 295 g/mol.